The zero-order chi connectivity index (χ0) is 37.1. The van der Waals surface area contributed by atoms with E-state index in [1.54, 1.807) is 27.9 Å². The van der Waals surface area contributed by atoms with E-state index in [9.17, 15) is 14.9 Å². The highest BCUT2D eigenvalue weighted by atomic mass is 28.4. The molecule has 1 aliphatic heterocycles. The number of fused-ring (bicyclic) bond motifs is 1. The SMILES string of the molecule is Cc1cc(Nc2nccc(-c3cc(C#N)c4c(c3)[C@@](C)(CO[Si](C)(C)C(C)(C)C)CN4C(=O)OC(C)(C)C)n2)n(CC(=O)N(C2CC2)C2CC2)n1. The Morgan fingerprint density at radius 2 is 1.76 bits per heavy atom. The van der Waals surface area contributed by atoms with E-state index in [-0.39, 0.29) is 17.5 Å². The predicted molar refractivity (Wildman–Crippen MR) is 199 cm³/mol. The fourth-order valence-corrected chi connectivity index (χ4v) is 7.48. The van der Waals surface area contributed by atoms with Crippen LogP contribution in [0.4, 0.5) is 22.2 Å². The highest BCUT2D eigenvalue weighted by Gasteiger charge is 2.47. The topological polar surface area (TPSA) is 138 Å². The molecule has 1 N–H and O–H groups in total. The van der Waals surface area contributed by atoms with E-state index in [2.05, 4.69) is 67.2 Å². The van der Waals surface area contributed by atoms with Crippen molar-refractivity contribution < 1.29 is 18.8 Å². The minimum atomic E-state index is -2.16. The largest absolute Gasteiger partial charge is 0.443 e. The standard InChI is InChI=1S/C38H52N8O4Si/c1-24-17-31(45(43-24)21-32(47)46(27-11-12-27)28-13-14-28)42-34-40-16-15-30(41-34)25-18-26(20-39)33-29(19-25)38(8,23-49-51(9,10)37(5,6)7)22-44(33)35(48)50-36(2,3)4/h15-19,27-28H,11-14,21-23H2,1-10H3,(H,40,41,42)/t38-/m1/s1. The number of anilines is 3. The van der Waals surface area contributed by atoms with Gasteiger partial charge in [0, 0.05) is 48.5 Å². The smallest absolute Gasteiger partial charge is 0.414 e. The van der Waals surface area contributed by atoms with E-state index in [1.807, 2.05) is 39.8 Å². The van der Waals surface area contributed by atoms with Gasteiger partial charge in [-0.15, -0.1) is 0 Å². The number of aromatic nitrogens is 4. The summed E-state index contributed by atoms with van der Waals surface area (Å²) in [4.78, 5) is 40.0. The molecule has 3 aromatic rings. The number of carbonyl (C=O) groups excluding carboxylic acids is 2. The zero-order valence-corrected chi connectivity index (χ0v) is 32.8. The molecule has 0 bridgehead atoms. The highest BCUT2D eigenvalue weighted by Crippen LogP contribution is 2.47. The number of hydrogen-bond donors (Lipinski definition) is 1. The molecule has 0 spiro atoms. The molecule has 3 aliphatic rings. The average Bonchev–Trinajstić information content (AvgIpc) is 3.98. The molecule has 6 rings (SSSR count). The molecule has 0 saturated heterocycles. The first kappa shape index (κ1) is 36.5. The van der Waals surface area contributed by atoms with Crippen molar-refractivity contribution in [2.24, 2.45) is 0 Å². The highest BCUT2D eigenvalue weighted by molar-refractivity contribution is 6.74. The lowest BCUT2D eigenvalue weighted by molar-refractivity contribution is -0.133. The van der Waals surface area contributed by atoms with Gasteiger partial charge in [0.15, 0.2) is 8.32 Å². The number of nitrogens with one attached hydrogen (secondary N) is 1. The Morgan fingerprint density at radius 3 is 2.35 bits per heavy atom. The molecule has 2 fully saturated rings. The van der Waals surface area contributed by atoms with E-state index in [4.69, 9.17) is 14.1 Å². The molecule has 0 radical (unpaired) electrons. The van der Waals surface area contributed by atoms with Gasteiger partial charge in [-0.3, -0.25) is 9.69 Å². The third-order valence-corrected chi connectivity index (χ3v) is 14.9. The lowest BCUT2D eigenvalue weighted by Gasteiger charge is -2.39. The number of ether oxygens (including phenoxy) is 1. The fourth-order valence-electron chi connectivity index (χ4n) is 6.37. The molecule has 1 aromatic carbocycles. The van der Waals surface area contributed by atoms with Gasteiger partial charge in [0.25, 0.3) is 0 Å². The molecular formula is C38H52N8O4Si. The van der Waals surface area contributed by atoms with Gasteiger partial charge < -0.3 is 19.4 Å². The first-order valence-corrected chi connectivity index (χ1v) is 20.9. The van der Waals surface area contributed by atoms with E-state index in [0.29, 0.717) is 59.5 Å². The fraction of sp³-hybridized carbons (Fsp3) is 0.579. The van der Waals surface area contributed by atoms with Crippen LogP contribution in [0.15, 0.2) is 30.5 Å². The quantitative estimate of drug-likeness (QED) is 0.212. The van der Waals surface area contributed by atoms with E-state index in [1.165, 1.54) is 0 Å². The molecular weight excluding hydrogens is 661 g/mol. The maximum absolute atomic E-state index is 13.6. The minimum Gasteiger partial charge on any atom is -0.443 e. The molecule has 0 unspecified atom stereocenters. The second-order valence-corrected chi connectivity index (χ2v) is 22.0. The molecule has 12 nitrogen and oxygen atoms in total. The monoisotopic (exact) mass is 712 g/mol. The van der Waals surface area contributed by atoms with Crippen molar-refractivity contribution in [3.63, 3.8) is 0 Å². The number of aryl methyl sites for hydroxylation is 1. The van der Waals surface area contributed by atoms with Crippen LogP contribution in [0.3, 0.4) is 0 Å². The molecule has 272 valence electrons. The van der Waals surface area contributed by atoms with E-state index in [0.717, 1.165) is 36.9 Å². The van der Waals surface area contributed by atoms with E-state index < -0.39 is 25.4 Å². The Kier molecular flexibility index (Phi) is 9.34. The van der Waals surface area contributed by atoms with Crippen molar-refractivity contribution in [3.8, 4) is 17.3 Å². The number of hydrogen-bond acceptors (Lipinski definition) is 9. The summed E-state index contributed by atoms with van der Waals surface area (Å²) in [6.07, 6.45) is 5.46. The summed E-state index contributed by atoms with van der Waals surface area (Å²) >= 11 is 0. The summed E-state index contributed by atoms with van der Waals surface area (Å²) in [6, 6.07) is 10.5. The zero-order valence-electron chi connectivity index (χ0n) is 31.8. The van der Waals surface area contributed by atoms with Gasteiger partial charge in [0.05, 0.1) is 22.6 Å². The predicted octanol–water partition coefficient (Wildman–Crippen LogP) is 7.45. The first-order chi connectivity index (χ1) is 23.8. The second-order valence-electron chi connectivity index (χ2n) is 17.2. The summed E-state index contributed by atoms with van der Waals surface area (Å²) in [5.74, 6) is 1.05. The molecule has 3 heterocycles. The van der Waals surface area contributed by atoms with Crippen LogP contribution in [0.2, 0.25) is 18.1 Å². The number of nitrogens with zero attached hydrogens (tertiary/aromatic N) is 7. The second kappa shape index (κ2) is 13.0. The van der Waals surface area contributed by atoms with Crippen LogP contribution in [0, 0.1) is 18.3 Å². The summed E-state index contributed by atoms with van der Waals surface area (Å²) in [5, 5.41) is 18.4. The summed E-state index contributed by atoms with van der Waals surface area (Å²) in [5.41, 5.74) is 2.48. The van der Waals surface area contributed by atoms with Gasteiger partial charge in [-0.2, -0.15) is 10.4 Å². The van der Waals surface area contributed by atoms with Crippen molar-refractivity contribution in [2.45, 2.75) is 129 Å². The normalized spacial score (nSPS) is 19.0. The number of amides is 2. The van der Waals surface area contributed by atoms with Gasteiger partial charge in [-0.25, -0.2) is 19.4 Å². The molecule has 2 saturated carbocycles. The maximum Gasteiger partial charge on any atom is 0.414 e. The Balaban J connectivity index is 1.32. The minimum absolute atomic E-state index is 0.00527. The lowest BCUT2D eigenvalue weighted by atomic mass is 9.83. The van der Waals surface area contributed by atoms with Crippen molar-refractivity contribution >= 4 is 37.8 Å². The Labute approximate surface area is 302 Å². The van der Waals surface area contributed by atoms with Crippen LogP contribution in [0.5, 0.6) is 0 Å². The van der Waals surface area contributed by atoms with Gasteiger partial charge in [-0.1, -0.05) is 27.7 Å². The van der Waals surface area contributed by atoms with E-state index >= 15 is 0 Å². The summed E-state index contributed by atoms with van der Waals surface area (Å²) in [7, 11) is -2.16. The lowest BCUT2D eigenvalue weighted by Crippen LogP contribution is -2.46. The van der Waals surface area contributed by atoms with Gasteiger partial charge in [-0.05, 0) is 95.3 Å². The number of nitriles is 1. The van der Waals surface area contributed by atoms with Gasteiger partial charge in [0.1, 0.15) is 24.0 Å². The maximum atomic E-state index is 13.6. The molecule has 1 atom stereocenters. The van der Waals surface area contributed by atoms with Gasteiger partial charge in [0.2, 0.25) is 11.9 Å². The average molecular weight is 713 g/mol. The molecule has 2 aliphatic carbocycles. The van der Waals surface area contributed by atoms with Crippen LogP contribution in [-0.2, 0) is 25.9 Å². The van der Waals surface area contributed by atoms with Crippen LogP contribution in [0.25, 0.3) is 11.3 Å². The number of rotatable bonds is 10. The Hall–Kier alpha value is -4.28. The van der Waals surface area contributed by atoms with Crippen molar-refractivity contribution in [1.29, 1.82) is 5.26 Å². The van der Waals surface area contributed by atoms with Gasteiger partial charge >= 0.3 is 6.09 Å². The summed E-state index contributed by atoms with van der Waals surface area (Å²) in [6.45, 7) is 21.3. The van der Waals surface area contributed by atoms with Crippen molar-refractivity contribution in [1.82, 2.24) is 24.6 Å². The van der Waals surface area contributed by atoms with Crippen molar-refractivity contribution in [3.05, 3.63) is 47.3 Å². The Bertz CT molecular complexity index is 1870. The van der Waals surface area contributed by atoms with Crippen LogP contribution in [0.1, 0.15) is 91.0 Å². The molecule has 2 amide bonds. The third kappa shape index (κ3) is 7.82. The number of benzene rings is 1. The molecule has 13 heteroatoms. The number of carbonyl (C=O) groups is 2. The molecule has 51 heavy (non-hydrogen) atoms. The Morgan fingerprint density at radius 1 is 1.10 bits per heavy atom. The first-order valence-electron chi connectivity index (χ1n) is 18.0. The van der Waals surface area contributed by atoms with Crippen LogP contribution >= 0.6 is 0 Å². The van der Waals surface area contributed by atoms with Crippen LogP contribution in [-0.4, -0.2) is 75.8 Å². The summed E-state index contributed by atoms with van der Waals surface area (Å²) < 4.78 is 14.3. The van der Waals surface area contributed by atoms with Crippen molar-refractivity contribution in [2.75, 3.05) is 23.4 Å². The molecule has 2 aromatic heterocycles. The van der Waals surface area contributed by atoms with Crippen LogP contribution < -0.4 is 10.2 Å². The third-order valence-electron chi connectivity index (χ3n) is 10.4.